The molecule has 9 heavy (non-hydrogen) atoms. The van der Waals surface area contributed by atoms with Crippen LogP contribution in [-0.4, -0.2) is 17.2 Å². The van der Waals surface area contributed by atoms with E-state index in [1.165, 1.54) is 0 Å². The summed E-state index contributed by atoms with van der Waals surface area (Å²) in [5, 5.41) is 8.11. The van der Waals surface area contributed by atoms with Crippen molar-refractivity contribution in [3.8, 4) is 0 Å². The number of carboxylic acids is 1. The minimum absolute atomic E-state index is 0.373. The summed E-state index contributed by atoms with van der Waals surface area (Å²) in [5.41, 5.74) is 0. The summed E-state index contributed by atoms with van der Waals surface area (Å²) in [6.07, 6.45) is -1.14. The molecule has 2 atom stereocenters. The molecule has 0 unspecified atom stereocenters. The molecular weight excluding hydrogens is 123 g/mol. The molecule has 0 aliphatic rings. The van der Waals surface area contributed by atoms with Crippen LogP contribution < -0.4 is 0 Å². The molecule has 0 aromatic carbocycles. The molecular formula is C6H11FO2. The van der Waals surface area contributed by atoms with Gasteiger partial charge in [0, 0.05) is 0 Å². The monoisotopic (exact) mass is 134 g/mol. The third-order valence-electron chi connectivity index (χ3n) is 1.38. The highest BCUT2D eigenvalue weighted by Crippen LogP contribution is 2.10. The molecule has 0 aromatic heterocycles. The molecule has 0 spiro atoms. The first-order chi connectivity index (χ1) is 4.09. The van der Waals surface area contributed by atoms with E-state index in [0.29, 0.717) is 6.42 Å². The summed E-state index contributed by atoms with van der Waals surface area (Å²) in [5.74, 6) is -1.73. The van der Waals surface area contributed by atoms with Crippen LogP contribution >= 0.6 is 0 Å². The van der Waals surface area contributed by atoms with Crippen LogP contribution in [0.15, 0.2) is 0 Å². The minimum atomic E-state index is -1.70. The highest BCUT2D eigenvalue weighted by Gasteiger charge is 2.21. The molecule has 0 amide bonds. The van der Waals surface area contributed by atoms with Gasteiger partial charge in [0.25, 0.3) is 0 Å². The minimum Gasteiger partial charge on any atom is -0.479 e. The van der Waals surface area contributed by atoms with Crippen molar-refractivity contribution >= 4 is 5.97 Å². The second kappa shape index (κ2) is 3.43. The zero-order valence-electron chi connectivity index (χ0n) is 5.60. The molecule has 54 valence electrons. The van der Waals surface area contributed by atoms with Crippen molar-refractivity contribution in [1.29, 1.82) is 0 Å². The highest BCUT2D eigenvalue weighted by molar-refractivity contribution is 5.72. The number of hydrogen-bond donors (Lipinski definition) is 1. The molecule has 0 heterocycles. The first-order valence-corrected chi connectivity index (χ1v) is 2.96. The lowest BCUT2D eigenvalue weighted by atomic mass is 10.0. The molecule has 0 bridgehead atoms. The van der Waals surface area contributed by atoms with Crippen LogP contribution in [0, 0.1) is 5.92 Å². The number of aliphatic carboxylic acids is 1. The van der Waals surface area contributed by atoms with Gasteiger partial charge in [0.2, 0.25) is 0 Å². The number of rotatable bonds is 3. The molecule has 3 heteroatoms. The number of carboxylic acid groups (broad SMARTS) is 1. The summed E-state index contributed by atoms with van der Waals surface area (Å²) in [6, 6.07) is 0. The molecule has 0 saturated heterocycles. The van der Waals surface area contributed by atoms with Gasteiger partial charge in [-0.1, -0.05) is 20.3 Å². The summed E-state index contributed by atoms with van der Waals surface area (Å²) in [4.78, 5) is 9.92. The SMILES string of the molecule is CC[C@H](C)[C@@H](F)C(=O)O. The Morgan fingerprint density at radius 1 is 1.78 bits per heavy atom. The number of halogens is 1. The first kappa shape index (κ1) is 8.40. The Labute approximate surface area is 53.7 Å². The van der Waals surface area contributed by atoms with Gasteiger partial charge in [-0.25, -0.2) is 9.18 Å². The van der Waals surface area contributed by atoms with E-state index in [1.807, 2.05) is 0 Å². The molecule has 0 radical (unpaired) electrons. The summed E-state index contributed by atoms with van der Waals surface area (Å²) < 4.78 is 12.3. The van der Waals surface area contributed by atoms with Gasteiger partial charge in [0.05, 0.1) is 0 Å². The standard InChI is InChI=1S/C6H11FO2/c1-3-4(2)5(7)6(8)9/h4-5H,3H2,1-2H3,(H,8,9)/t4-,5+/m0/s1. The normalized spacial score (nSPS) is 16.8. The highest BCUT2D eigenvalue weighted by atomic mass is 19.1. The Balaban J connectivity index is 3.72. The van der Waals surface area contributed by atoms with E-state index in [0.717, 1.165) is 0 Å². The molecule has 2 nitrogen and oxygen atoms in total. The van der Waals surface area contributed by atoms with Crippen LogP contribution in [0.25, 0.3) is 0 Å². The van der Waals surface area contributed by atoms with Crippen LogP contribution in [0.3, 0.4) is 0 Å². The predicted octanol–water partition coefficient (Wildman–Crippen LogP) is 1.46. The van der Waals surface area contributed by atoms with Crippen LogP contribution in [0.4, 0.5) is 4.39 Å². The largest absolute Gasteiger partial charge is 0.479 e. The fourth-order valence-corrected chi connectivity index (χ4v) is 0.450. The Morgan fingerprint density at radius 3 is 2.33 bits per heavy atom. The van der Waals surface area contributed by atoms with E-state index in [2.05, 4.69) is 0 Å². The molecule has 1 N–H and O–H groups in total. The second-order valence-electron chi connectivity index (χ2n) is 2.13. The smallest absolute Gasteiger partial charge is 0.338 e. The lowest BCUT2D eigenvalue weighted by Gasteiger charge is -2.08. The van der Waals surface area contributed by atoms with E-state index in [-0.39, 0.29) is 5.92 Å². The van der Waals surface area contributed by atoms with Gasteiger partial charge in [-0.3, -0.25) is 0 Å². The molecule has 0 fully saturated rings. The van der Waals surface area contributed by atoms with Crippen LogP contribution in [0.5, 0.6) is 0 Å². The molecule has 0 saturated carbocycles. The predicted molar refractivity (Wildman–Crippen MR) is 32.0 cm³/mol. The van der Waals surface area contributed by atoms with Crippen molar-refractivity contribution < 1.29 is 14.3 Å². The fraction of sp³-hybridized carbons (Fsp3) is 0.833. The van der Waals surface area contributed by atoms with Gasteiger partial charge >= 0.3 is 5.97 Å². The van der Waals surface area contributed by atoms with Gasteiger partial charge in [-0.05, 0) is 5.92 Å². The average Bonchev–Trinajstić information content (AvgIpc) is 1.84. The maximum absolute atomic E-state index is 12.3. The van der Waals surface area contributed by atoms with E-state index >= 15 is 0 Å². The third kappa shape index (κ3) is 2.44. The van der Waals surface area contributed by atoms with Gasteiger partial charge in [-0.2, -0.15) is 0 Å². The number of hydrogen-bond acceptors (Lipinski definition) is 1. The molecule has 0 rings (SSSR count). The van der Waals surface area contributed by atoms with E-state index in [9.17, 15) is 9.18 Å². The lowest BCUT2D eigenvalue weighted by molar-refractivity contribution is -0.144. The van der Waals surface area contributed by atoms with Crippen LogP contribution in [-0.2, 0) is 4.79 Å². The zero-order valence-corrected chi connectivity index (χ0v) is 5.60. The quantitative estimate of drug-likeness (QED) is 0.634. The van der Waals surface area contributed by atoms with Crippen molar-refractivity contribution in [2.75, 3.05) is 0 Å². The summed E-state index contributed by atoms with van der Waals surface area (Å²) >= 11 is 0. The fourth-order valence-electron chi connectivity index (χ4n) is 0.450. The number of carbonyl (C=O) groups is 1. The van der Waals surface area contributed by atoms with Gasteiger partial charge < -0.3 is 5.11 Å². The van der Waals surface area contributed by atoms with Crippen LogP contribution in [0.1, 0.15) is 20.3 Å². The third-order valence-corrected chi connectivity index (χ3v) is 1.38. The van der Waals surface area contributed by atoms with E-state index in [4.69, 9.17) is 5.11 Å². The summed E-state index contributed by atoms with van der Waals surface area (Å²) in [6.45, 7) is 3.35. The maximum Gasteiger partial charge on any atom is 0.338 e. The average molecular weight is 134 g/mol. The molecule has 0 aliphatic heterocycles. The van der Waals surface area contributed by atoms with E-state index in [1.54, 1.807) is 13.8 Å². The summed E-state index contributed by atoms with van der Waals surface area (Å²) in [7, 11) is 0. The van der Waals surface area contributed by atoms with Crippen molar-refractivity contribution in [3.05, 3.63) is 0 Å². The second-order valence-corrected chi connectivity index (χ2v) is 2.13. The Morgan fingerprint density at radius 2 is 2.22 bits per heavy atom. The van der Waals surface area contributed by atoms with Gasteiger partial charge in [-0.15, -0.1) is 0 Å². The Bertz CT molecular complexity index is 103. The van der Waals surface area contributed by atoms with Crippen molar-refractivity contribution in [1.82, 2.24) is 0 Å². The van der Waals surface area contributed by atoms with E-state index < -0.39 is 12.1 Å². The zero-order chi connectivity index (χ0) is 7.44. The molecule has 0 aromatic rings. The van der Waals surface area contributed by atoms with Crippen molar-refractivity contribution in [2.24, 2.45) is 5.92 Å². The first-order valence-electron chi connectivity index (χ1n) is 2.96. The Kier molecular flexibility index (Phi) is 3.20. The van der Waals surface area contributed by atoms with Crippen molar-refractivity contribution in [3.63, 3.8) is 0 Å². The van der Waals surface area contributed by atoms with Gasteiger partial charge in [0.15, 0.2) is 6.17 Å². The Hall–Kier alpha value is -0.600. The number of alkyl halides is 1. The maximum atomic E-state index is 12.3. The van der Waals surface area contributed by atoms with Crippen LogP contribution in [0.2, 0.25) is 0 Å². The van der Waals surface area contributed by atoms with Crippen molar-refractivity contribution in [2.45, 2.75) is 26.4 Å². The molecule has 0 aliphatic carbocycles. The van der Waals surface area contributed by atoms with Gasteiger partial charge in [0.1, 0.15) is 0 Å². The topological polar surface area (TPSA) is 37.3 Å². The lowest BCUT2D eigenvalue weighted by Crippen LogP contribution is -2.22.